The summed E-state index contributed by atoms with van der Waals surface area (Å²) in [6.45, 7) is 9.89. The maximum absolute atomic E-state index is 11.2. The molecule has 0 spiro atoms. The molecule has 0 saturated heterocycles. The first-order chi connectivity index (χ1) is 13.5. The van der Waals surface area contributed by atoms with Crippen molar-refractivity contribution in [1.82, 2.24) is 9.97 Å². The molecule has 1 atom stereocenters. The van der Waals surface area contributed by atoms with Gasteiger partial charge in [-0.25, -0.2) is 9.97 Å². The molecule has 0 bridgehead atoms. The third kappa shape index (κ3) is 7.80. The van der Waals surface area contributed by atoms with Gasteiger partial charge in [0.2, 0.25) is 5.82 Å². The Morgan fingerprint density at radius 1 is 1.21 bits per heavy atom. The third-order valence-corrected chi connectivity index (χ3v) is 4.75. The molecule has 0 amide bonds. The summed E-state index contributed by atoms with van der Waals surface area (Å²) < 4.78 is 27.3. The molecule has 1 aromatic carbocycles. The van der Waals surface area contributed by atoms with Gasteiger partial charge in [0.15, 0.2) is 0 Å². The van der Waals surface area contributed by atoms with Gasteiger partial charge in [-0.15, -0.1) is 0 Å². The smallest absolute Gasteiger partial charge is 0.264 e. The van der Waals surface area contributed by atoms with E-state index in [0.717, 1.165) is 23.9 Å². The minimum absolute atomic E-state index is 0.0369. The minimum Gasteiger partial charge on any atom is -0.352 e. The van der Waals surface area contributed by atoms with E-state index in [1.807, 2.05) is 43.3 Å². The molecule has 29 heavy (non-hydrogen) atoms. The van der Waals surface area contributed by atoms with Gasteiger partial charge >= 0.3 is 0 Å². The second kappa shape index (κ2) is 9.33. The molecule has 0 aliphatic rings. The van der Waals surface area contributed by atoms with Crippen molar-refractivity contribution in [2.45, 2.75) is 40.2 Å². The Hall–Kier alpha value is -2.50. The van der Waals surface area contributed by atoms with E-state index < -0.39 is 10.1 Å². The van der Waals surface area contributed by atoms with Crippen LogP contribution in [0.25, 0.3) is 0 Å². The summed E-state index contributed by atoms with van der Waals surface area (Å²) in [7, 11) is -3.45. The summed E-state index contributed by atoms with van der Waals surface area (Å²) in [5.41, 5.74) is 2.13. The highest BCUT2D eigenvalue weighted by atomic mass is 32.2. The molecule has 0 N–H and O–H groups in total. The summed E-state index contributed by atoms with van der Waals surface area (Å²) in [6.07, 6.45) is 2.65. The Kier molecular flexibility index (Phi) is 7.33. The van der Waals surface area contributed by atoms with Gasteiger partial charge in [0.25, 0.3) is 10.1 Å². The van der Waals surface area contributed by atoms with Gasteiger partial charge in [-0.05, 0) is 22.6 Å². The first-order valence-electron chi connectivity index (χ1n) is 9.38. The third-order valence-electron chi connectivity index (χ3n) is 4.18. The largest absolute Gasteiger partial charge is 0.352 e. The number of aromatic nitrogens is 2. The van der Waals surface area contributed by atoms with Crippen LogP contribution in [0, 0.1) is 16.7 Å². The van der Waals surface area contributed by atoms with Gasteiger partial charge in [-0.3, -0.25) is 4.18 Å². The zero-order valence-corrected chi connectivity index (χ0v) is 18.4. The molecule has 0 fully saturated rings. The highest BCUT2D eigenvalue weighted by Crippen LogP contribution is 2.23. The predicted octanol–water partition coefficient (Wildman–Crippen LogP) is 3.48. The Balaban J connectivity index is 2.17. The van der Waals surface area contributed by atoms with Gasteiger partial charge in [-0.2, -0.15) is 13.7 Å². The Morgan fingerprint density at radius 2 is 1.86 bits per heavy atom. The van der Waals surface area contributed by atoms with Crippen LogP contribution in [0.5, 0.6) is 0 Å². The van der Waals surface area contributed by atoms with Gasteiger partial charge in [0.1, 0.15) is 11.9 Å². The molecular formula is C21H28N4O3S. The fraction of sp³-hybridized carbons (Fsp3) is 0.476. The summed E-state index contributed by atoms with van der Waals surface area (Å²) in [5, 5.41) is 9.10. The standard InChI is InChI=1S/C21H28N4O3S/c1-16(14-28-29(5,26)27)18-8-6-17(7-9-18)13-25(15-21(2,3)4)20-10-11-23-19(12-22)24-20/h6-11,16H,13-15H2,1-5H3. The number of anilines is 1. The van der Waals surface area contributed by atoms with Crippen LogP contribution in [0.3, 0.4) is 0 Å². The Labute approximate surface area is 173 Å². The Morgan fingerprint density at radius 3 is 2.41 bits per heavy atom. The van der Waals surface area contributed by atoms with Crippen molar-refractivity contribution in [2.75, 3.05) is 24.3 Å². The molecule has 0 aliphatic heterocycles. The second-order valence-electron chi connectivity index (χ2n) is 8.40. The van der Waals surface area contributed by atoms with Crippen LogP contribution >= 0.6 is 0 Å². The predicted molar refractivity (Wildman–Crippen MR) is 113 cm³/mol. The number of rotatable bonds is 8. The average Bonchev–Trinajstić information content (AvgIpc) is 2.64. The summed E-state index contributed by atoms with van der Waals surface area (Å²) >= 11 is 0. The number of benzene rings is 1. The van der Waals surface area contributed by atoms with Crippen LogP contribution in [-0.2, 0) is 20.8 Å². The van der Waals surface area contributed by atoms with E-state index in [9.17, 15) is 8.42 Å². The van der Waals surface area contributed by atoms with Crippen LogP contribution < -0.4 is 4.90 Å². The van der Waals surface area contributed by atoms with E-state index in [1.54, 1.807) is 6.20 Å². The molecule has 156 valence electrons. The van der Waals surface area contributed by atoms with E-state index in [-0.39, 0.29) is 23.8 Å². The summed E-state index contributed by atoms with van der Waals surface area (Å²) in [6, 6.07) is 11.8. The number of nitrogens with zero attached hydrogens (tertiary/aromatic N) is 4. The van der Waals surface area contributed by atoms with E-state index in [0.29, 0.717) is 12.4 Å². The van der Waals surface area contributed by atoms with E-state index in [1.165, 1.54) is 0 Å². The van der Waals surface area contributed by atoms with Crippen LogP contribution in [0.4, 0.5) is 5.82 Å². The maximum Gasteiger partial charge on any atom is 0.264 e. The molecule has 0 saturated carbocycles. The first-order valence-corrected chi connectivity index (χ1v) is 11.2. The molecule has 2 aromatic rings. The van der Waals surface area contributed by atoms with Crippen LogP contribution in [0.2, 0.25) is 0 Å². The lowest BCUT2D eigenvalue weighted by molar-refractivity contribution is 0.301. The second-order valence-corrected chi connectivity index (χ2v) is 10.0. The molecule has 1 unspecified atom stereocenters. The first kappa shape index (κ1) is 22.8. The highest BCUT2D eigenvalue weighted by molar-refractivity contribution is 7.85. The lowest BCUT2D eigenvalue weighted by Crippen LogP contribution is -2.33. The molecule has 8 heteroatoms. The molecule has 0 aliphatic carbocycles. The van der Waals surface area contributed by atoms with Crippen molar-refractivity contribution in [1.29, 1.82) is 5.26 Å². The normalized spacial score (nSPS) is 13.0. The van der Waals surface area contributed by atoms with Crippen LogP contribution in [0.1, 0.15) is 50.6 Å². The molecule has 2 rings (SSSR count). The number of hydrogen-bond donors (Lipinski definition) is 0. The van der Waals surface area contributed by atoms with Crippen molar-refractivity contribution in [3.8, 4) is 6.07 Å². The fourth-order valence-electron chi connectivity index (χ4n) is 2.86. The maximum atomic E-state index is 11.2. The zero-order chi connectivity index (χ0) is 21.7. The molecule has 7 nitrogen and oxygen atoms in total. The lowest BCUT2D eigenvalue weighted by atomic mass is 9.95. The van der Waals surface area contributed by atoms with Crippen LogP contribution in [-0.4, -0.2) is 37.8 Å². The van der Waals surface area contributed by atoms with E-state index >= 15 is 0 Å². The van der Waals surface area contributed by atoms with Crippen molar-refractivity contribution >= 4 is 15.9 Å². The lowest BCUT2D eigenvalue weighted by Gasteiger charge is -2.31. The van der Waals surface area contributed by atoms with Crippen molar-refractivity contribution in [3.63, 3.8) is 0 Å². The molecule has 1 aromatic heterocycles. The zero-order valence-electron chi connectivity index (χ0n) is 17.6. The van der Waals surface area contributed by atoms with Gasteiger partial charge in [0.05, 0.1) is 12.9 Å². The fourth-order valence-corrected chi connectivity index (χ4v) is 3.31. The summed E-state index contributed by atoms with van der Waals surface area (Å²) in [5.74, 6) is 0.825. The van der Waals surface area contributed by atoms with Gasteiger partial charge < -0.3 is 4.90 Å². The SMILES string of the molecule is CC(COS(C)(=O)=O)c1ccc(CN(CC(C)(C)C)c2ccnc(C#N)n2)cc1. The van der Waals surface area contributed by atoms with E-state index in [2.05, 4.69) is 35.6 Å². The van der Waals surface area contributed by atoms with Gasteiger partial charge in [-0.1, -0.05) is 52.0 Å². The quantitative estimate of drug-likeness (QED) is 0.608. The molecule has 0 radical (unpaired) electrons. The molecular weight excluding hydrogens is 388 g/mol. The number of nitriles is 1. The monoisotopic (exact) mass is 416 g/mol. The van der Waals surface area contributed by atoms with Gasteiger partial charge in [0, 0.05) is 25.2 Å². The Bertz CT molecular complexity index is 961. The molecule has 1 heterocycles. The van der Waals surface area contributed by atoms with E-state index in [4.69, 9.17) is 9.44 Å². The minimum atomic E-state index is -3.45. The van der Waals surface area contributed by atoms with Crippen LogP contribution in [0.15, 0.2) is 36.5 Å². The summed E-state index contributed by atoms with van der Waals surface area (Å²) in [4.78, 5) is 10.4. The van der Waals surface area contributed by atoms with Crippen molar-refractivity contribution in [2.24, 2.45) is 5.41 Å². The highest BCUT2D eigenvalue weighted by Gasteiger charge is 2.19. The number of hydrogen-bond acceptors (Lipinski definition) is 7. The van der Waals surface area contributed by atoms with Crippen molar-refractivity contribution in [3.05, 3.63) is 53.5 Å². The average molecular weight is 417 g/mol. The topological polar surface area (TPSA) is 96.2 Å². The van der Waals surface area contributed by atoms with Crippen molar-refractivity contribution < 1.29 is 12.6 Å².